The second-order valence-electron chi connectivity index (χ2n) is 10.8. The van der Waals surface area contributed by atoms with Crippen molar-refractivity contribution in [3.05, 3.63) is 22.3 Å². The van der Waals surface area contributed by atoms with E-state index in [9.17, 15) is 33.9 Å². The minimum atomic E-state index is -1.33. The van der Waals surface area contributed by atoms with Crippen molar-refractivity contribution in [3.63, 3.8) is 0 Å². The molecule has 0 aromatic carbocycles. The van der Waals surface area contributed by atoms with Crippen LogP contribution in [0, 0.1) is 0 Å². The standard InChI is InChI=1S/C26H32N10O10S3/c1-5-44-15(38)8-45-32-16(14-11-48-23(29-14)28-12-37)19(39)30-17-20(40)36-18(22(41)42)13(9-47-21(17)36)10-49-24-31-33-34-35(24)7-6-27-25(43)46-26(2,3)4/h11-12,17,21H,5-10H2,1-4H3,(H,27,43)(H,30,39)(H,41,42)(H,28,29,37)/t17?,21-/m0/s1. The first-order valence-electron chi connectivity index (χ1n) is 14.4. The van der Waals surface area contributed by atoms with Gasteiger partial charge in [0.15, 0.2) is 10.8 Å². The number of nitrogens with one attached hydrogen (secondary N) is 3. The number of carbonyl (C=O) groups is 6. The Morgan fingerprint density at radius 3 is 2.73 bits per heavy atom. The van der Waals surface area contributed by atoms with Crippen molar-refractivity contribution >= 4 is 82.0 Å². The molecule has 4 rings (SSSR count). The second-order valence-corrected chi connectivity index (χ2v) is 13.7. The molecule has 4 amide bonds. The number of carboxylic acid groups (broad SMARTS) is 1. The number of amides is 4. The van der Waals surface area contributed by atoms with E-state index >= 15 is 0 Å². The quantitative estimate of drug-likeness (QED) is 0.0442. The molecule has 0 saturated carbocycles. The number of aliphatic carboxylic acids is 1. The number of rotatable bonds is 16. The van der Waals surface area contributed by atoms with Gasteiger partial charge in [-0.3, -0.25) is 19.3 Å². The predicted molar refractivity (Wildman–Crippen MR) is 173 cm³/mol. The summed E-state index contributed by atoms with van der Waals surface area (Å²) < 4.78 is 11.4. The van der Waals surface area contributed by atoms with Crippen LogP contribution >= 0.6 is 34.9 Å². The molecule has 2 atom stereocenters. The lowest BCUT2D eigenvalue weighted by molar-refractivity contribution is -0.150. The van der Waals surface area contributed by atoms with Gasteiger partial charge in [-0.1, -0.05) is 16.9 Å². The summed E-state index contributed by atoms with van der Waals surface area (Å²) in [6.07, 6.45) is -0.198. The molecule has 0 radical (unpaired) electrons. The van der Waals surface area contributed by atoms with Gasteiger partial charge in [-0.15, -0.1) is 28.2 Å². The highest BCUT2D eigenvalue weighted by Gasteiger charge is 2.54. The molecular weight excluding hydrogens is 709 g/mol. The second kappa shape index (κ2) is 16.6. The molecule has 0 spiro atoms. The fourth-order valence-electron chi connectivity index (χ4n) is 4.23. The van der Waals surface area contributed by atoms with Crippen LogP contribution in [0.2, 0.25) is 0 Å². The Morgan fingerprint density at radius 1 is 1.27 bits per heavy atom. The number of nitrogens with zero attached hydrogens (tertiary/aromatic N) is 7. The van der Waals surface area contributed by atoms with E-state index in [-0.39, 0.29) is 47.7 Å². The van der Waals surface area contributed by atoms with Gasteiger partial charge in [0.05, 0.1) is 13.2 Å². The summed E-state index contributed by atoms with van der Waals surface area (Å²) in [5.41, 5.74) is -0.837. The van der Waals surface area contributed by atoms with Crippen molar-refractivity contribution in [2.75, 3.05) is 36.6 Å². The van der Waals surface area contributed by atoms with Gasteiger partial charge in [0.2, 0.25) is 18.2 Å². The molecule has 49 heavy (non-hydrogen) atoms. The van der Waals surface area contributed by atoms with Crippen LogP contribution in [-0.4, -0.2) is 125 Å². The smallest absolute Gasteiger partial charge is 0.407 e. The maximum atomic E-state index is 13.3. The summed E-state index contributed by atoms with van der Waals surface area (Å²) in [5, 5.41) is 34.0. The zero-order valence-electron chi connectivity index (χ0n) is 26.5. The number of thiazole rings is 1. The number of thioether (sulfide) groups is 2. The van der Waals surface area contributed by atoms with Crippen molar-refractivity contribution in [3.8, 4) is 0 Å². The SMILES string of the molecule is CCOC(=O)CON=C(C(=O)NC1C(=O)N2C(C(=O)O)=C(CSc3nnnn3CCNC(=O)OC(C)(C)C)CS[C@@H]12)c1csc(NC=O)n1. The normalized spacial score (nSPS) is 17.4. The average Bonchev–Trinajstić information content (AvgIpc) is 3.69. The number of oxime groups is 1. The van der Waals surface area contributed by atoms with Crippen molar-refractivity contribution in [1.29, 1.82) is 0 Å². The average molecular weight is 741 g/mol. The summed E-state index contributed by atoms with van der Waals surface area (Å²) in [5.74, 6) is -3.26. The third-order valence-electron chi connectivity index (χ3n) is 6.19. The Kier molecular flexibility index (Phi) is 12.5. The lowest BCUT2D eigenvalue weighted by Crippen LogP contribution is -2.71. The van der Waals surface area contributed by atoms with Crippen molar-refractivity contribution < 1.29 is 48.2 Å². The van der Waals surface area contributed by atoms with Gasteiger partial charge in [0.1, 0.15) is 28.4 Å². The van der Waals surface area contributed by atoms with Crippen LogP contribution in [0.15, 0.2) is 27.0 Å². The Hall–Kier alpha value is -4.77. The van der Waals surface area contributed by atoms with Gasteiger partial charge >= 0.3 is 18.0 Å². The number of aromatic nitrogens is 5. The number of hydrogen-bond acceptors (Lipinski definition) is 17. The molecule has 2 aliphatic heterocycles. The maximum absolute atomic E-state index is 13.3. The summed E-state index contributed by atoms with van der Waals surface area (Å²) >= 11 is 3.39. The van der Waals surface area contributed by atoms with Gasteiger partial charge in [-0.2, -0.15) is 0 Å². The van der Waals surface area contributed by atoms with Crippen LogP contribution < -0.4 is 16.0 Å². The predicted octanol–water partition coefficient (Wildman–Crippen LogP) is 0.0373. The first-order valence-corrected chi connectivity index (χ1v) is 17.3. The van der Waals surface area contributed by atoms with Crippen LogP contribution in [0.25, 0.3) is 0 Å². The van der Waals surface area contributed by atoms with Crippen molar-refractivity contribution in [2.24, 2.45) is 5.16 Å². The van der Waals surface area contributed by atoms with Crippen LogP contribution in [0.1, 0.15) is 33.4 Å². The molecule has 23 heteroatoms. The number of hydrogen-bond donors (Lipinski definition) is 4. The van der Waals surface area contributed by atoms with Crippen LogP contribution in [-0.2, 0) is 44.8 Å². The highest BCUT2D eigenvalue weighted by Crippen LogP contribution is 2.41. The minimum Gasteiger partial charge on any atom is -0.477 e. The molecule has 4 N–H and O–H groups in total. The molecule has 264 valence electrons. The minimum absolute atomic E-state index is 0.0102. The summed E-state index contributed by atoms with van der Waals surface area (Å²) in [7, 11) is 0. The van der Waals surface area contributed by atoms with E-state index in [0.29, 0.717) is 17.1 Å². The van der Waals surface area contributed by atoms with Crippen LogP contribution in [0.3, 0.4) is 0 Å². The van der Waals surface area contributed by atoms with Gasteiger partial charge < -0.3 is 35.4 Å². The number of carbonyl (C=O) groups excluding carboxylic acids is 5. The number of alkyl carbamates (subject to hydrolysis) is 1. The Labute approximate surface area is 290 Å². The maximum Gasteiger partial charge on any atom is 0.407 e. The van der Waals surface area contributed by atoms with Gasteiger partial charge in [0.25, 0.3) is 11.8 Å². The van der Waals surface area contributed by atoms with Crippen molar-refractivity contribution in [1.82, 2.24) is 40.7 Å². The van der Waals surface area contributed by atoms with E-state index in [1.165, 1.54) is 21.8 Å². The number of esters is 1. The number of anilines is 1. The number of carboxylic acids is 1. The molecule has 4 heterocycles. The molecule has 0 bridgehead atoms. The van der Waals surface area contributed by atoms with Gasteiger partial charge in [-0.05, 0) is 43.7 Å². The van der Waals surface area contributed by atoms with E-state index in [1.807, 2.05) is 0 Å². The van der Waals surface area contributed by atoms with Gasteiger partial charge in [-0.25, -0.2) is 24.0 Å². The van der Waals surface area contributed by atoms with E-state index in [2.05, 4.69) is 41.6 Å². The van der Waals surface area contributed by atoms with Crippen LogP contribution in [0.4, 0.5) is 9.93 Å². The van der Waals surface area contributed by atoms with E-state index in [1.54, 1.807) is 27.7 Å². The highest BCUT2D eigenvalue weighted by atomic mass is 32.2. The Morgan fingerprint density at radius 2 is 2.04 bits per heavy atom. The van der Waals surface area contributed by atoms with Gasteiger partial charge in [0, 0.05) is 23.4 Å². The number of tetrazole rings is 1. The first kappa shape index (κ1) is 37.1. The molecule has 0 aliphatic carbocycles. The third kappa shape index (κ3) is 9.66. The number of ether oxygens (including phenoxy) is 2. The Bertz CT molecular complexity index is 1650. The van der Waals surface area contributed by atoms with E-state index < -0.39 is 59.2 Å². The summed E-state index contributed by atoms with van der Waals surface area (Å²) in [6, 6.07) is -1.12. The van der Waals surface area contributed by atoms with Crippen LogP contribution in [0.5, 0.6) is 0 Å². The number of fused-ring (bicyclic) bond motifs is 1. The molecule has 2 aromatic heterocycles. The monoisotopic (exact) mass is 740 g/mol. The lowest BCUT2D eigenvalue weighted by Gasteiger charge is -2.49. The molecular formula is C26H32N10O10S3. The Balaban J connectivity index is 1.41. The third-order valence-corrected chi connectivity index (χ3v) is 9.35. The van der Waals surface area contributed by atoms with E-state index in [4.69, 9.17) is 14.3 Å². The molecule has 1 unspecified atom stereocenters. The summed E-state index contributed by atoms with van der Waals surface area (Å²) in [6.45, 7) is 6.72. The molecule has 20 nitrogen and oxygen atoms in total. The zero-order valence-corrected chi connectivity index (χ0v) is 29.0. The fraction of sp³-hybridized carbons (Fsp3) is 0.500. The molecule has 2 aromatic rings. The lowest BCUT2D eigenvalue weighted by atomic mass is 10.0. The highest BCUT2D eigenvalue weighted by molar-refractivity contribution is 8.01. The largest absolute Gasteiger partial charge is 0.477 e. The molecule has 1 saturated heterocycles. The zero-order chi connectivity index (χ0) is 35.7. The fourth-order valence-corrected chi connectivity index (χ4v) is 7.27. The number of β-lactam (4-membered cyclic amide) rings is 1. The molecule has 1 fully saturated rings. The first-order chi connectivity index (χ1) is 23.3. The van der Waals surface area contributed by atoms with E-state index in [0.717, 1.165) is 28.0 Å². The topological polar surface area (TPSA) is 259 Å². The summed E-state index contributed by atoms with van der Waals surface area (Å²) in [4.78, 5) is 83.6. The van der Waals surface area contributed by atoms with Crippen molar-refractivity contribution in [2.45, 2.75) is 56.4 Å². The molecule has 2 aliphatic rings.